The Balaban J connectivity index is 0.00000192. The van der Waals surface area contributed by atoms with E-state index in [0.717, 1.165) is 25.1 Å². The van der Waals surface area contributed by atoms with Crippen LogP contribution >= 0.6 is 12.4 Å². The summed E-state index contributed by atoms with van der Waals surface area (Å²) in [5.74, 6) is 0.179. The van der Waals surface area contributed by atoms with E-state index in [9.17, 15) is 8.42 Å². The highest BCUT2D eigenvalue weighted by molar-refractivity contribution is 7.91. The van der Waals surface area contributed by atoms with E-state index in [1.54, 1.807) is 12.1 Å². The monoisotopic (exact) mass is 351 g/mol. The fourth-order valence-corrected chi connectivity index (χ4v) is 4.14. The van der Waals surface area contributed by atoms with Crippen LogP contribution in [-0.4, -0.2) is 32.2 Å². The third-order valence-electron chi connectivity index (χ3n) is 4.27. The Hall–Kier alpha value is -1.36. The standard InChI is InChI=1S/C18H21NO2S.ClH/c1-15-6-8-18(9-7-15)22(20,21)13-12-19-11-10-16-4-2-3-5-17(16)14-19;/h2-9H,10-14H2,1H3;1H. The Morgan fingerprint density at radius 1 is 1.00 bits per heavy atom. The Kier molecular flexibility index (Phi) is 5.84. The maximum absolute atomic E-state index is 12.4. The van der Waals surface area contributed by atoms with Crippen LogP contribution in [-0.2, 0) is 22.8 Å². The van der Waals surface area contributed by atoms with Crippen molar-refractivity contribution >= 4 is 22.2 Å². The SMILES string of the molecule is Cc1ccc(S(=O)(=O)CCN2CCc3ccccc3C2)cc1.Cl. The third kappa shape index (κ3) is 4.34. The molecule has 0 bridgehead atoms. The summed E-state index contributed by atoms with van der Waals surface area (Å²) in [5, 5.41) is 0. The highest BCUT2D eigenvalue weighted by Crippen LogP contribution is 2.19. The van der Waals surface area contributed by atoms with Crippen molar-refractivity contribution in [3.05, 3.63) is 65.2 Å². The van der Waals surface area contributed by atoms with Gasteiger partial charge in [-0.1, -0.05) is 42.0 Å². The first-order valence-corrected chi connectivity index (χ1v) is 9.28. The first-order chi connectivity index (χ1) is 10.5. The van der Waals surface area contributed by atoms with Crippen LogP contribution in [0.3, 0.4) is 0 Å². The van der Waals surface area contributed by atoms with Crippen LogP contribution in [0.4, 0.5) is 0 Å². The highest BCUT2D eigenvalue weighted by Gasteiger charge is 2.19. The van der Waals surface area contributed by atoms with Gasteiger partial charge in [-0.25, -0.2) is 8.42 Å². The predicted molar refractivity (Wildman–Crippen MR) is 95.9 cm³/mol. The molecule has 3 nitrogen and oxygen atoms in total. The van der Waals surface area contributed by atoms with Gasteiger partial charge < -0.3 is 0 Å². The molecule has 0 amide bonds. The quantitative estimate of drug-likeness (QED) is 0.848. The lowest BCUT2D eigenvalue weighted by molar-refractivity contribution is 0.269. The van der Waals surface area contributed by atoms with Crippen molar-refractivity contribution in [2.24, 2.45) is 0 Å². The molecular weight excluding hydrogens is 330 g/mol. The van der Waals surface area contributed by atoms with Crippen molar-refractivity contribution in [2.45, 2.75) is 24.8 Å². The molecule has 0 atom stereocenters. The van der Waals surface area contributed by atoms with Crippen molar-refractivity contribution in [2.75, 3.05) is 18.8 Å². The smallest absolute Gasteiger partial charge is 0.179 e. The molecule has 0 N–H and O–H groups in total. The molecule has 23 heavy (non-hydrogen) atoms. The number of sulfone groups is 1. The third-order valence-corrected chi connectivity index (χ3v) is 5.98. The zero-order valence-electron chi connectivity index (χ0n) is 13.2. The summed E-state index contributed by atoms with van der Waals surface area (Å²) in [5.41, 5.74) is 3.79. The second kappa shape index (κ2) is 7.47. The minimum absolute atomic E-state index is 0. The molecular formula is C18H22ClNO2S. The minimum Gasteiger partial charge on any atom is -0.298 e. The molecule has 0 fully saturated rings. The summed E-state index contributed by atoms with van der Waals surface area (Å²) in [6.07, 6.45) is 1.00. The number of hydrogen-bond donors (Lipinski definition) is 0. The molecule has 0 unspecified atom stereocenters. The average Bonchev–Trinajstić information content (AvgIpc) is 2.53. The van der Waals surface area contributed by atoms with Crippen LogP contribution in [0.1, 0.15) is 16.7 Å². The summed E-state index contributed by atoms with van der Waals surface area (Å²) in [7, 11) is -3.20. The molecule has 2 aromatic rings. The van der Waals surface area contributed by atoms with E-state index in [0.29, 0.717) is 11.4 Å². The van der Waals surface area contributed by atoms with Gasteiger partial charge in [0.25, 0.3) is 0 Å². The Morgan fingerprint density at radius 3 is 2.35 bits per heavy atom. The fourth-order valence-electron chi connectivity index (χ4n) is 2.86. The van der Waals surface area contributed by atoms with E-state index >= 15 is 0 Å². The molecule has 0 saturated heterocycles. The molecule has 5 heteroatoms. The second-order valence-corrected chi connectivity index (χ2v) is 8.04. The van der Waals surface area contributed by atoms with Gasteiger partial charge in [0, 0.05) is 19.6 Å². The summed E-state index contributed by atoms with van der Waals surface area (Å²) in [4.78, 5) is 2.66. The van der Waals surface area contributed by atoms with Crippen LogP contribution in [0.5, 0.6) is 0 Å². The minimum atomic E-state index is -3.20. The highest BCUT2D eigenvalue weighted by atomic mass is 35.5. The maximum Gasteiger partial charge on any atom is 0.179 e. The van der Waals surface area contributed by atoms with Gasteiger partial charge in [0.2, 0.25) is 0 Å². The van der Waals surface area contributed by atoms with E-state index in [1.165, 1.54) is 11.1 Å². The van der Waals surface area contributed by atoms with Crippen molar-refractivity contribution in [3.63, 3.8) is 0 Å². The first-order valence-electron chi connectivity index (χ1n) is 7.63. The largest absolute Gasteiger partial charge is 0.298 e. The number of halogens is 1. The Bertz CT molecular complexity index is 757. The number of hydrogen-bond acceptors (Lipinski definition) is 3. The molecule has 0 spiro atoms. The van der Waals surface area contributed by atoms with Gasteiger partial charge in [-0.3, -0.25) is 4.90 Å². The van der Waals surface area contributed by atoms with Gasteiger partial charge in [0.1, 0.15) is 0 Å². The number of fused-ring (bicyclic) bond motifs is 1. The zero-order valence-corrected chi connectivity index (χ0v) is 14.9. The Labute approximate surface area is 144 Å². The van der Waals surface area contributed by atoms with Crippen molar-refractivity contribution in [1.29, 1.82) is 0 Å². The summed E-state index contributed by atoms with van der Waals surface area (Å²) >= 11 is 0. The number of aryl methyl sites for hydroxylation is 1. The van der Waals surface area contributed by atoms with Crippen molar-refractivity contribution < 1.29 is 8.42 Å². The van der Waals surface area contributed by atoms with E-state index in [2.05, 4.69) is 23.1 Å². The van der Waals surface area contributed by atoms with Gasteiger partial charge >= 0.3 is 0 Å². The van der Waals surface area contributed by atoms with Crippen LogP contribution in [0.2, 0.25) is 0 Å². The van der Waals surface area contributed by atoms with Gasteiger partial charge in [-0.05, 0) is 36.6 Å². The molecule has 0 saturated carbocycles. The van der Waals surface area contributed by atoms with Crippen LogP contribution in [0.15, 0.2) is 53.4 Å². The summed E-state index contributed by atoms with van der Waals surface area (Å²) in [6, 6.07) is 15.5. The molecule has 1 aliphatic heterocycles. The average molecular weight is 352 g/mol. The topological polar surface area (TPSA) is 37.4 Å². The van der Waals surface area contributed by atoms with Gasteiger partial charge in [-0.2, -0.15) is 0 Å². The number of benzene rings is 2. The molecule has 0 radical (unpaired) electrons. The van der Waals surface area contributed by atoms with Crippen LogP contribution in [0.25, 0.3) is 0 Å². The van der Waals surface area contributed by atoms with Crippen molar-refractivity contribution in [1.82, 2.24) is 4.90 Å². The van der Waals surface area contributed by atoms with E-state index in [-0.39, 0.29) is 18.2 Å². The van der Waals surface area contributed by atoms with E-state index < -0.39 is 9.84 Å². The number of nitrogens with zero attached hydrogens (tertiary/aromatic N) is 1. The van der Waals surface area contributed by atoms with E-state index in [1.807, 2.05) is 25.1 Å². The van der Waals surface area contributed by atoms with Crippen molar-refractivity contribution in [3.8, 4) is 0 Å². The Morgan fingerprint density at radius 2 is 1.65 bits per heavy atom. The zero-order chi connectivity index (χ0) is 15.6. The molecule has 0 aromatic heterocycles. The molecule has 124 valence electrons. The lowest BCUT2D eigenvalue weighted by Gasteiger charge is -2.28. The van der Waals surface area contributed by atoms with Gasteiger partial charge in [0.05, 0.1) is 10.6 Å². The molecule has 0 aliphatic carbocycles. The maximum atomic E-state index is 12.4. The predicted octanol–water partition coefficient (Wildman–Crippen LogP) is 3.25. The van der Waals surface area contributed by atoms with E-state index in [4.69, 9.17) is 0 Å². The fraction of sp³-hybridized carbons (Fsp3) is 0.333. The second-order valence-electron chi connectivity index (χ2n) is 5.93. The molecule has 1 aliphatic rings. The first kappa shape index (κ1) is 18.0. The van der Waals surface area contributed by atoms with Gasteiger partial charge in [0.15, 0.2) is 9.84 Å². The lowest BCUT2D eigenvalue weighted by Crippen LogP contribution is -2.34. The van der Waals surface area contributed by atoms with Crippen LogP contribution < -0.4 is 0 Å². The normalized spacial score (nSPS) is 14.8. The molecule has 3 rings (SSSR count). The lowest BCUT2D eigenvalue weighted by atomic mass is 10.0. The van der Waals surface area contributed by atoms with Crippen LogP contribution in [0, 0.1) is 6.92 Å². The molecule has 2 aromatic carbocycles. The number of rotatable bonds is 4. The summed E-state index contributed by atoms with van der Waals surface area (Å²) in [6.45, 7) is 4.33. The molecule has 1 heterocycles. The van der Waals surface area contributed by atoms with Gasteiger partial charge in [-0.15, -0.1) is 12.4 Å². The summed E-state index contributed by atoms with van der Waals surface area (Å²) < 4.78 is 24.8.